The maximum absolute atomic E-state index is 11.2. The van der Waals surface area contributed by atoms with Crippen LogP contribution in [0.4, 0.5) is 0 Å². The number of nitrogens with two attached hydrogens (primary N) is 1. The van der Waals surface area contributed by atoms with E-state index in [2.05, 4.69) is 0 Å². The third-order valence-corrected chi connectivity index (χ3v) is 1.95. The summed E-state index contributed by atoms with van der Waals surface area (Å²) in [5, 5.41) is 0. The number of carbonyl (C=O) groups is 1. The second-order valence-corrected chi connectivity index (χ2v) is 3.26. The van der Waals surface area contributed by atoms with E-state index >= 15 is 0 Å². The first kappa shape index (κ1) is 9.48. The highest BCUT2D eigenvalue weighted by Crippen LogP contribution is 2.09. The molecule has 1 aliphatic rings. The molecule has 1 fully saturated rings. The lowest BCUT2D eigenvalue weighted by Gasteiger charge is -2.35. The number of ether oxygens (including phenoxy) is 1. The molecule has 1 saturated heterocycles. The first-order valence-electron chi connectivity index (χ1n) is 4.26. The van der Waals surface area contributed by atoms with Gasteiger partial charge in [0.05, 0.1) is 18.8 Å². The third kappa shape index (κ3) is 2.19. The van der Waals surface area contributed by atoms with Gasteiger partial charge in [-0.15, -0.1) is 0 Å². The Morgan fingerprint density at radius 3 is 2.42 bits per heavy atom. The highest BCUT2D eigenvalue weighted by Gasteiger charge is 2.24. The van der Waals surface area contributed by atoms with Gasteiger partial charge in [-0.2, -0.15) is 0 Å². The summed E-state index contributed by atoms with van der Waals surface area (Å²) in [4.78, 5) is 13.0. The van der Waals surface area contributed by atoms with Crippen molar-refractivity contribution in [3.63, 3.8) is 0 Å². The van der Waals surface area contributed by atoms with E-state index in [9.17, 15) is 4.79 Å². The van der Waals surface area contributed by atoms with Crippen LogP contribution >= 0.6 is 0 Å². The molecule has 0 bridgehead atoms. The quantitative estimate of drug-likeness (QED) is 0.584. The van der Waals surface area contributed by atoms with Gasteiger partial charge in [-0.1, -0.05) is 0 Å². The maximum Gasteiger partial charge on any atom is 0.236 e. The Kier molecular flexibility index (Phi) is 3.05. The van der Waals surface area contributed by atoms with Crippen molar-refractivity contribution >= 4 is 5.91 Å². The zero-order valence-electron chi connectivity index (χ0n) is 7.62. The molecule has 4 nitrogen and oxygen atoms in total. The summed E-state index contributed by atoms with van der Waals surface area (Å²) < 4.78 is 5.48. The lowest BCUT2D eigenvalue weighted by atomic mass is 10.2. The smallest absolute Gasteiger partial charge is 0.236 e. The summed E-state index contributed by atoms with van der Waals surface area (Å²) in [5.74, 6) is 0.0111. The fraction of sp³-hybridized carbons (Fsp3) is 0.875. The normalized spacial score (nSPS) is 30.4. The third-order valence-electron chi connectivity index (χ3n) is 1.95. The van der Waals surface area contributed by atoms with Gasteiger partial charge in [0.25, 0.3) is 0 Å². The van der Waals surface area contributed by atoms with Gasteiger partial charge in [0, 0.05) is 13.1 Å². The Balaban J connectivity index is 2.49. The lowest BCUT2D eigenvalue weighted by molar-refractivity contribution is -0.141. The molecule has 0 spiro atoms. The van der Waals surface area contributed by atoms with Gasteiger partial charge in [0.1, 0.15) is 0 Å². The van der Waals surface area contributed by atoms with E-state index in [1.807, 2.05) is 13.8 Å². The molecule has 70 valence electrons. The molecule has 0 aliphatic carbocycles. The first-order chi connectivity index (χ1) is 5.63. The predicted octanol–water partition coefficient (Wildman–Crippen LogP) is -0.419. The van der Waals surface area contributed by atoms with Gasteiger partial charge in [-0.3, -0.25) is 4.79 Å². The lowest BCUT2D eigenvalue weighted by Crippen LogP contribution is -2.49. The fourth-order valence-electron chi connectivity index (χ4n) is 1.51. The number of hydrogen-bond acceptors (Lipinski definition) is 3. The van der Waals surface area contributed by atoms with Crippen LogP contribution in [-0.4, -0.2) is 42.6 Å². The molecule has 1 heterocycles. The van der Waals surface area contributed by atoms with Crippen LogP contribution in [0.5, 0.6) is 0 Å². The van der Waals surface area contributed by atoms with Crippen molar-refractivity contribution in [3.05, 3.63) is 0 Å². The highest BCUT2D eigenvalue weighted by atomic mass is 16.5. The van der Waals surface area contributed by atoms with Crippen molar-refractivity contribution in [1.82, 2.24) is 4.90 Å². The summed E-state index contributed by atoms with van der Waals surface area (Å²) in [6.07, 6.45) is 0.258. The van der Waals surface area contributed by atoms with Crippen molar-refractivity contribution in [1.29, 1.82) is 0 Å². The van der Waals surface area contributed by atoms with Crippen LogP contribution < -0.4 is 5.73 Å². The molecule has 4 heteroatoms. The number of morpholine rings is 1. The molecule has 2 N–H and O–H groups in total. The van der Waals surface area contributed by atoms with Gasteiger partial charge < -0.3 is 15.4 Å². The van der Waals surface area contributed by atoms with Crippen molar-refractivity contribution in [2.45, 2.75) is 26.1 Å². The van der Waals surface area contributed by atoms with E-state index in [1.54, 1.807) is 4.90 Å². The Bertz CT molecular complexity index is 162. The molecular formula is C8H16N2O2. The van der Waals surface area contributed by atoms with Crippen LogP contribution in [-0.2, 0) is 9.53 Å². The molecule has 0 aromatic heterocycles. The molecule has 1 rings (SSSR count). The van der Waals surface area contributed by atoms with Crippen LogP contribution in [0.15, 0.2) is 0 Å². The fourth-order valence-corrected chi connectivity index (χ4v) is 1.51. The average Bonchev–Trinajstić information content (AvgIpc) is 2.01. The molecule has 0 aromatic carbocycles. The Morgan fingerprint density at radius 1 is 1.50 bits per heavy atom. The molecule has 12 heavy (non-hydrogen) atoms. The Morgan fingerprint density at radius 2 is 2.00 bits per heavy atom. The van der Waals surface area contributed by atoms with Gasteiger partial charge in [0.15, 0.2) is 0 Å². The van der Waals surface area contributed by atoms with Gasteiger partial charge >= 0.3 is 0 Å². The summed E-state index contributed by atoms with van der Waals surface area (Å²) in [5.41, 5.74) is 5.26. The average molecular weight is 172 g/mol. The standard InChI is InChI=1S/C8H16N2O2/c1-6-4-10(8(11)3-9)5-7(2)12-6/h6-7H,3-5,9H2,1-2H3. The van der Waals surface area contributed by atoms with Crippen molar-refractivity contribution < 1.29 is 9.53 Å². The van der Waals surface area contributed by atoms with E-state index in [1.165, 1.54) is 0 Å². The number of amides is 1. The minimum atomic E-state index is 0.0111. The van der Waals surface area contributed by atoms with E-state index in [-0.39, 0.29) is 24.7 Å². The molecule has 2 unspecified atom stereocenters. The summed E-state index contributed by atoms with van der Waals surface area (Å²) >= 11 is 0. The van der Waals surface area contributed by atoms with Gasteiger partial charge in [-0.25, -0.2) is 0 Å². The van der Waals surface area contributed by atoms with Crippen molar-refractivity contribution in [2.75, 3.05) is 19.6 Å². The van der Waals surface area contributed by atoms with Gasteiger partial charge in [-0.05, 0) is 13.8 Å². The molecule has 2 atom stereocenters. The monoisotopic (exact) mass is 172 g/mol. The van der Waals surface area contributed by atoms with Crippen LogP contribution in [0, 0.1) is 0 Å². The molecule has 1 amide bonds. The topological polar surface area (TPSA) is 55.6 Å². The number of hydrogen-bond donors (Lipinski definition) is 1. The maximum atomic E-state index is 11.2. The van der Waals surface area contributed by atoms with Crippen LogP contribution in [0.1, 0.15) is 13.8 Å². The molecule has 0 radical (unpaired) electrons. The van der Waals surface area contributed by atoms with Crippen LogP contribution in [0.2, 0.25) is 0 Å². The SMILES string of the molecule is CC1CN(C(=O)CN)CC(C)O1. The number of carbonyl (C=O) groups excluding carboxylic acids is 1. The van der Waals surface area contributed by atoms with Crippen molar-refractivity contribution in [2.24, 2.45) is 5.73 Å². The number of nitrogens with zero attached hydrogens (tertiary/aromatic N) is 1. The Hall–Kier alpha value is -0.610. The van der Waals surface area contributed by atoms with E-state index in [0.717, 1.165) is 0 Å². The van der Waals surface area contributed by atoms with Crippen LogP contribution in [0.25, 0.3) is 0 Å². The zero-order valence-corrected chi connectivity index (χ0v) is 7.62. The van der Waals surface area contributed by atoms with Crippen molar-refractivity contribution in [3.8, 4) is 0 Å². The van der Waals surface area contributed by atoms with Crippen LogP contribution in [0.3, 0.4) is 0 Å². The minimum Gasteiger partial charge on any atom is -0.372 e. The largest absolute Gasteiger partial charge is 0.372 e. The molecular weight excluding hydrogens is 156 g/mol. The summed E-state index contributed by atoms with van der Waals surface area (Å²) in [7, 11) is 0. The predicted molar refractivity (Wildman–Crippen MR) is 45.6 cm³/mol. The molecule has 1 aliphatic heterocycles. The molecule has 0 saturated carbocycles. The highest BCUT2D eigenvalue weighted by molar-refractivity contribution is 5.78. The first-order valence-corrected chi connectivity index (χ1v) is 4.26. The van der Waals surface area contributed by atoms with Gasteiger partial charge in [0.2, 0.25) is 5.91 Å². The van der Waals surface area contributed by atoms with E-state index in [0.29, 0.717) is 13.1 Å². The minimum absolute atomic E-state index is 0.0111. The second-order valence-electron chi connectivity index (χ2n) is 3.26. The second kappa shape index (κ2) is 3.87. The Labute approximate surface area is 72.7 Å². The summed E-state index contributed by atoms with van der Waals surface area (Å²) in [6, 6.07) is 0. The zero-order chi connectivity index (χ0) is 9.14. The number of rotatable bonds is 1. The molecule has 0 aromatic rings. The van der Waals surface area contributed by atoms with E-state index in [4.69, 9.17) is 10.5 Å². The van der Waals surface area contributed by atoms with E-state index < -0.39 is 0 Å². The summed E-state index contributed by atoms with van der Waals surface area (Å²) in [6.45, 7) is 5.36.